The third-order valence-electron chi connectivity index (χ3n) is 13.4. The predicted octanol–water partition coefficient (Wildman–Crippen LogP) is 6.96. The van der Waals surface area contributed by atoms with Gasteiger partial charge in [-0.3, -0.25) is 34.1 Å². The first kappa shape index (κ1) is 44.6. The quantitative estimate of drug-likeness (QED) is 0.0933. The van der Waals surface area contributed by atoms with Crippen LogP contribution in [0.2, 0.25) is 5.02 Å². The molecule has 2 N–H and O–H groups in total. The number of hydrogen-bond acceptors (Lipinski definition) is 8. The van der Waals surface area contributed by atoms with Gasteiger partial charge in [-0.1, -0.05) is 35.9 Å². The summed E-state index contributed by atoms with van der Waals surface area (Å²) in [5.74, 6) is -0.330. The molecule has 9 rings (SSSR count). The van der Waals surface area contributed by atoms with E-state index >= 15 is 0 Å². The molecule has 0 aliphatic carbocycles. The van der Waals surface area contributed by atoms with E-state index in [2.05, 4.69) is 45.0 Å². The number of nitrogens with zero attached hydrogens (tertiary/aromatic N) is 7. The molecule has 2 aliphatic rings. The third kappa shape index (κ3) is 8.53. The fourth-order valence-electron chi connectivity index (χ4n) is 9.78. The number of imidazole rings is 1. The summed E-state index contributed by atoms with van der Waals surface area (Å²) in [6, 6.07) is 19.0. The minimum atomic E-state index is -0.816. The fraction of sp³-hybridized carbons (Fsp3) is 0.360. The highest BCUT2D eigenvalue weighted by atomic mass is 35.5. The van der Waals surface area contributed by atoms with Gasteiger partial charge >= 0.3 is 0 Å². The molecule has 1 unspecified atom stereocenters. The standard InChI is InChI=1S/C50H53ClFN9O5/c1-29-45(31(3)57(5)56-29)46-39(51)17-16-37-35(11-8-26-66-42-13-6-9-33-27-34(52)14-15-36(33)42)30(2)60(48(37)46)25-22-58-20-23-59(24-21-58)44(63)28-61-32(4)53-47-38(10-7-12-41(47)61)49(64)54-40-18-19-43(62)55-50(40)65/h6-7,9-10,12-17,27,40H,8,11,18-26,28H2,1-5H3,(H,54,64)(H,55,62,65). The number of piperazine rings is 1. The Balaban J connectivity index is 0.889. The maximum atomic E-state index is 13.9. The first-order chi connectivity index (χ1) is 31.8. The van der Waals surface area contributed by atoms with Crippen LogP contribution in [0.25, 0.3) is 43.8 Å². The summed E-state index contributed by atoms with van der Waals surface area (Å²) in [6.07, 6.45) is 1.93. The van der Waals surface area contributed by atoms with Gasteiger partial charge in [0.2, 0.25) is 17.7 Å². The van der Waals surface area contributed by atoms with E-state index in [1.165, 1.54) is 23.4 Å². The number of aryl methyl sites for hydroxylation is 4. The maximum Gasteiger partial charge on any atom is 0.254 e. The smallest absolute Gasteiger partial charge is 0.254 e. The number of fused-ring (bicyclic) bond motifs is 3. The lowest BCUT2D eigenvalue weighted by atomic mass is 9.98. The molecule has 342 valence electrons. The Hall–Kier alpha value is -6.58. The lowest BCUT2D eigenvalue weighted by Crippen LogP contribution is -2.52. The molecule has 1 atom stereocenters. The topological polar surface area (TPSA) is 149 Å². The van der Waals surface area contributed by atoms with E-state index in [4.69, 9.17) is 21.4 Å². The average molecular weight is 914 g/mol. The van der Waals surface area contributed by atoms with E-state index in [0.29, 0.717) is 66.8 Å². The van der Waals surface area contributed by atoms with E-state index < -0.39 is 17.9 Å². The highest BCUT2D eigenvalue weighted by Crippen LogP contribution is 2.42. The maximum absolute atomic E-state index is 13.9. The van der Waals surface area contributed by atoms with Gasteiger partial charge in [-0.25, -0.2) is 9.37 Å². The molecule has 0 spiro atoms. The number of rotatable bonds is 13. The molecule has 3 aromatic heterocycles. The molecule has 2 fully saturated rings. The van der Waals surface area contributed by atoms with Crippen molar-refractivity contribution in [2.45, 2.75) is 72.5 Å². The van der Waals surface area contributed by atoms with Crippen LogP contribution in [0.1, 0.15) is 58.1 Å². The summed E-state index contributed by atoms with van der Waals surface area (Å²) in [5.41, 5.74) is 8.84. The lowest BCUT2D eigenvalue weighted by molar-refractivity contribution is -0.135. The SMILES string of the molecule is Cc1nn(C)c(C)c1-c1c(Cl)ccc2c(CCCOc3cccc4cc(F)ccc34)c(C)n(CCN3CCN(C(=O)Cn4c(C)nc5c(C(=O)NC6CCC(=O)NC6=O)cccc54)CC3)c12. The van der Waals surface area contributed by atoms with Crippen molar-refractivity contribution in [3.05, 3.63) is 112 Å². The van der Waals surface area contributed by atoms with Crippen LogP contribution in [0.5, 0.6) is 5.75 Å². The lowest BCUT2D eigenvalue weighted by Gasteiger charge is -2.35. The second-order valence-corrected chi connectivity index (χ2v) is 17.8. The molecule has 5 heterocycles. The van der Waals surface area contributed by atoms with Gasteiger partial charge in [0.15, 0.2) is 0 Å². The highest BCUT2D eigenvalue weighted by Gasteiger charge is 2.30. The minimum Gasteiger partial charge on any atom is -0.493 e. The van der Waals surface area contributed by atoms with Crippen LogP contribution in [0, 0.1) is 33.5 Å². The van der Waals surface area contributed by atoms with Gasteiger partial charge in [-0.15, -0.1) is 0 Å². The number of halogens is 2. The largest absolute Gasteiger partial charge is 0.493 e. The second kappa shape index (κ2) is 18.4. The van der Waals surface area contributed by atoms with Crippen molar-refractivity contribution in [1.29, 1.82) is 0 Å². The molecular weight excluding hydrogens is 861 g/mol. The summed E-state index contributed by atoms with van der Waals surface area (Å²) in [5, 5.41) is 13.3. The number of imide groups is 1. The Morgan fingerprint density at radius 2 is 1.68 bits per heavy atom. The summed E-state index contributed by atoms with van der Waals surface area (Å²) in [4.78, 5) is 60.1. The first-order valence-corrected chi connectivity index (χ1v) is 22.9. The van der Waals surface area contributed by atoms with Crippen LogP contribution >= 0.6 is 11.6 Å². The first-order valence-electron chi connectivity index (χ1n) is 22.5. The van der Waals surface area contributed by atoms with Crippen LogP contribution in [0.3, 0.4) is 0 Å². The van der Waals surface area contributed by atoms with Gasteiger partial charge in [0.1, 0.15) is 35.5 Å². The Labute approximate surface area is 386 Å². The van der Waals surface area contributed by atoms with E-state index in [0.717, 1.165) is 69.3 Å². The van der Waals surface area contributed by atoms with Crippen molar-refractivity contribution in [1.82, 2.24) is 44.3 Å². The molecule has 0 bridgehead atoms. The summed E-state index contributed by atoms with van der Waals surface area (Å²) >= 11 is 7.14. The number of amides is 4. The summed E-state index contributed by atoms with van der Waals surface area (Å²) in [7, 11) is 1.95. The molecule has 4 aromatic carbocycles. The van der Waals surface area contributed by atoms with Gasteiger partial charge in [0.05, 0.1) is 33.9 Å². The van der Waals surface area contributed by atoms with E-state index in [1.54, 1.807) is 18.2 Å². The Kier molecular flexibility index (Phi) is 12.4. The normalized spacial score (nSPS) is 15.9. The number of ether oxygens (including phenoxy) is 1. The zero-order chi connectivity index (χ0) is 46.4. The summed E-state index contributed by atoms with van der Waals surface area (Å²) < 4.78 is 26.4. The monoisotopic (exact) mass is 913 g/mol. The second-order valence-electron chi connectivity index (χ2n) is 17.4. The molecule has 0 saturated carbocycles. The molecule has 16 heteroatoms. The number of carbonyl (C=O) groups is 4. The van der Waals surface area contributed by atoms with Gasteiger partial charge in [0, 0.05) is 86.0 Å². The van der Waals surface area contributed by atoms with E-state index in [-0.39, 0.29) is 37.0 Å². The predicted molar refractivity (Wildman–Crippen MR) is 252 cm³/mol. The number of para-hydroxylation sites is 1. The van der Waals surface area contributed by atoms with Gasteiger partial charge in [-0.05, 0) is 100 Å². The Morgan fingerprint density at radius 3 is 2.44 bits per heavy atom. The fourth-order valence-corrected chi connectivity index (χ4v) is 10.0. The van der Waals surface area contributed by atoms with E-state index in [9.17, 15) is 23.6 Å². The minimum absolute atomic E-state index is 0.0350. The zero-order valence-electron chi connectivity index (χ0n) is 37.8. The van der Waals surface area contributed by atoms with Crippen molar-refractivity contribution < 1.29 is 28.3 Å². The van der Waals surface area contributed by atoms with E-state index in [1.807, 2.05) is 65.4 Å². The Morgan fingerprint density at radius 1 is 0.909 bits per heavy atom. The number of aromatic nitrogens is 5. The van der Waals surface area contributed by atoms with Crippen LogP contribution < -0.4 is 15.4 Å². The number of benzene rings is 4. The number of hydrogen-bond donors (Lipinski definition) is 2. The molecular formula is C50H53ClFN9O5. The van der Waals surface area contributed by atoms with Crippen molar-refractivity contribution in [3.8, 4) is 16.9 Å². The number of carbonyl (C=O) groups excluding carboxylic acids is 4. The van der Waals surface area contributed by atoms with Crippen LogP contribution in [-0.4, -0.2) is 103 Å². The van der Waals surface area contributed by atoms with Crippen molar-refractivity contribution >= 4 is 67.9 Å². The van der Waals surface area contributed by atoms with Gasteiger partial charge in [-0.2, -0.15) is 5.10 Å². The molecule has 66 heavy (non-hydrogen) atoms. The Bertz CT molecular complexity index is 3070. The van der Waals surface area contributed by atoms with Crippen LogP contribution in [0.4, 0.5) is 4.39 Å². The molecule has 4 amide bonds. The van der Waals surface area contributed by atoms with Crippen molar-refractivity contribution in [3.63, 3.8) is 0 Å². The van der Waals surface area contributed by atoms with Crippen molar-refractivity contribution in [2.75, 3.05) is 39.3 Å². The zero-order valence-corrected chi connectivity index (χ0v) is 38.6. The highest BCUT2D eigenvalue weighted by molar-refractivity contribution is 6.35. The summed E-state index contributed by atoms with van der Waals surface area (Å²) in [6.45, 7) is 12.7. The van der Waals surface area contributed by atoms with Gasteiger partial charge in [0.25, 0.3) is 5.91 Å². The van der Waals surface area contributed by atoms with Gasteiger partial charge < -0.3 is 24.1 Å². The van der Waals surface area contributed by atoms with Crippen LogP contribution in [-0.2, 0) is 40.9 Å². The molecule has 2 saturated heterocycles. The van der Waals surface area contributed by atoms with Crippen molar-refractivity contribution in [2.24, 2.45) is 7.05 Å². The molecule has 7 aromatic rings. The third-order valence-corrected chi connectivity index (χ3v) is 13.7. The van der Waals surface area contributed by atoms with Crippen LogP contribution in [0.15, 0.2) is 66.7 Å². The number of piperidine rings is 1. The molecule has 14 nitrogen and oxygen atoms in total. The number of nitrogens with one attached hydrogen (secondary N) is 2. The molecule has 0 radical (unpaired) electrons. The average Bonchev–Trinajstić information content (AvgIpc) is 3.86. The molecule has 2 aliphatic heterocycles.